The highest BCUT2D eigenvalue weighted by Gasteiger charge is 2.41. The normalized spacial score (nSPS) is 19.0. The number of halogens is 3. The Balaban J connectivity index is 1.67. The number of rotatable bonds is 4. The molecule has 2 heterocycles. The van der Waals surface area contributed by atoms with E-state index in [0.29, 0.717) is 6.07 Å². The van der Waals surface area contributed by atoms with Gasteiger partial charge in [0.2, 0.25) is 11.8 Å². The van der Waals surface area contributed by atoms with Crippen molar-refractivity contribution in [3.05, 3.63) is 59.2 Å². The Labute approximate surface area is 180 Å². The molecular formula is C20H16F3N3O5S. The van der Waals surface area contributed by atoms with Gasteiger partial charge in [-0.15, -0.1) is 0 Å². The standard InChI is InChI=1S/C20H16F3N3O5S/c21-20(22,23)13-5-1-2-7-16(13)32(30,31)25-14-6-3-4-11-12(14)10-26(19(11)29)15-8-9-17(27)24-18(15)28/h1-7,15,25H,8-10H2,(H,24,27,28). The first kappa shape index (κ1) is 21.8. The second kappa shape index (κ2) is 7.62. The average molecular weight is 467 g/mol. The number of benzene rings is 2. The molecule has 0 radical (unpaired) electrons. The molecule has 3 amide bonds. The first-order valence-corrected chi connectivity index (χ1v) is 10.9. The number of fused-ring (bicyclic) bond motifs is 1. The number of nitrogens with zero attached hydrogens (tertiary/aromatic N) is 1. The molecule has 2 aromatic carbocycles. The molecule has 2 N–H and O–H groups in total. The van der Waals surface area contributed by atoms with E-state index in [1.807, 2.05) is 0 Å². The molecule has 2 aliphatic rings. The zero-order chi connectivity index (χ0) is 23.3. The minimum absolute atomic E-state index is 0.0459. The van der Waals surface area contributed by atoms with Crippen molar-refractivity contribution in [2.75, 3.05) is 4.72 Å². The molecule has 0 bridgehead atoms. The van der Waals surface area contributed by atoms with Gasteiger partial charge in [0.1, 0.15) is 6.04 Å². The van der Waals surface area contributed by atoms with Crippen LogP contribution < -0.4 is 10.0 Å². The fourth-order valence-corrected chi connectivity index (χ4v) is 5.14. The summed E-state index contributed by atoms with van der Waals surface area (Å²) in [6.07, 6.45) is -4.73. The van der Waals surface area contributed by atoms with Crippen molar-refractivity contribution < 1.29 is 36.0 Å². The monoisotopic (exact) mass is 467 g/mol. The van der Waals surface area contributed by atoms with Crippen LogP contribution in [0.3, 0.4) is 0 Å². The maximum Gasteiger partial charge on any atom is 0.417 e. The first-order valence-electron chi connectivity index (χ1n) is 9.44. The first-order chi connectivity index (χ1) is 15.0. The Morgan fingerprint density at radius 1 is 1.03 bits per heavy atom. The minimum Gasteiger partial charge on any atom is -0.322 e. The third kappa shape index (κ3) is 3.81. The highest BCUT2D eigenvalue weighted by Crippen LogP contribution is 2.36. The van der Waals surface area contributed by atoms with E-state index in [2.05, 4.69) is 10.0 Å². The van der Waals surface area contributed by atoms with Crippen LogP contribution in [0, 0.1) is 0 Å². The van der Waals surface area contributed by atoms with Crippen LogP contribution >= 0.6 is 0 Å². The van der Waals surface area contributed by atoms with E-state index in [4.69, 9.17) is 0 Å². The molecule has 0 saturated carbocycles. The minimum atomic E-state index is -4.89. The lowest BCUT2D eigenvalue weighted by atomic mass is 10.0. The van der Waals surface area contributed by atoms with Crippen LogP contribution in [0.1, 0.15) is 34.3 Å². The van der Waals surface area contributed by atoms with Gasteiger partial charge in [-0.2, -0.15) is 13.2 Å². The van der Waals surface area contributed by atoms with Crippen molar-refractivity contribution in [3.63, 3.8) is 0 Å². The lowest BCUT2D eigenvalue weighted by Gasteiger charge is -2.29. The molecule has 1 fully saturated rings. The summed E-state index contributed by atoms with van der Waals surface area (Å²) in [5.74, 6) is -1.62. The predicted molar refractivity (Wildman–Crippen MR) is 105 cm³/mol. The zero-order valence-corrected chi connectivity index (χ0v) is 17.1. The second-order valence-electron chi connectivity index (χ2n) is 7.33. The van der Waals surface area contributed by atoms with Crippen LogP contribution in [-0.4, -0.2) is 37.1 Å². The third-order valence-corrected chi connectivity index (χ3v) is 6.73. The molecule has 8 nitrogen and oxygen atoms in total. The van der Waals surface area contributed by atoms with Gasteiger partial charge in [-0.1, -0.05) is 18.2 Å². The number of hydrogen-bond donors (Lipinski definition) is 2. The number of nitrogens with one attached hydrogen (secondary N) is 2. The Bertz CT molecular complexity index is 1240. The summed E-state index contributed by atoms with van der Waals surface area (Å²) in [4.78, 5) is 36.7. The fraction of sp³-hybridized carbons (Fsp3) is 0.250. The Hall–Kier alpha value is -3.41. The molecule has 12 heteroatoms. The van der Waals surface area contributed by atoms with Crippen molar-refractivity contribution >= 4 is 33.4 Å². The molecule has 32 heavy (non-hydrogen) atoms. The van der Waals surface area contributed by atoms with Gasteiger partial charge in [0.05, 0.1) is 16.1 Å². The lowest BCUT2D eigenvalue weighted by molar-refractivity contribution is -0.140. The van der Waals surface area contributed by atoms with Crippen LogP contribution in [0.15, 0.2) is 47.4 Å². The van der Waals surface area contributed by atoms with E-state index in [1.54, 1.807) is 0 Å². The van der Waals surface area contributed by atoms with Gasteiger partial charge in [0, 0.05) is 24.1 Å². The number of piperidine rings is 1. The average Bonchev–Trinajstić information content (AvgIpc) is 3.05. The van der Waals surface area contributed by atoms with Crippen LogP contribution in [0.2, 0.25) is 0 Å². The van der Waals surface area contributed by atoms with Gasteiger partial charge < -0.3 is 4.90 Å². The van der Waals surface area contributed by atoms with Crippen LogP contribution in [0.4, 0.5) is 18.9 Å². The molecule has 2 aromatic rings. The quantitative estimate of drug-likeness (QED) is 0.670. The maximum absolute atomic E-state index is 13.3. The number of imide groups is 1. The van der Waals surface area contributed by atoms with Crippen LogP contribution in [0.5, 0.6) is 0 Å². The zero-order valence-electron chi connectivity index (χ0n) is 16.3. The van der Waals surface area contributed by atoms with E-state index in [9.17, 15) is 36.0 Å². The van der Waals surface area contributed by atoms with Crippen LogP contribution in [0.25, 0.3) is 0 Å². The SMILES string of the molecule is O=C1CCC(N2Cc3c(NS(=O)(=O)c4ccccc4C(F)(F)F)cccc3C2=O)C(=O)N1. The van der Waals surface area contributed by atoms with Crippen molar-refractivity contribution in [2.24, 2.45) is 0 Å². The fourth-order valence-electron chi connectivity index (χ4n) is 3.82. The highest BCUT2D eigenvalue weighted by atomic mass is 32.2. The van der Waals surface area contributed by atoms with E-state index in [-0.39, 0.29) is 36.2 Å². The summed E-state index contributed by atoms with van der Waals surface area (Å²) >= 11 is 0. The Morgan fingerprint density at radius 3 is 2.44 bits per heavy atom. The number of sulfonamides is 1. The topological polar surface area (TPSA) is 113 Å². The second-order valence-corrected chi connectivity index (χ2v) is 8.98. The molecule has 0 aromatic heterocycles. The van der Waals surface area contributed by atoms with E-state index in [0.717, 1.165) is 12.1 Å². The molecule has 4 rings (SSSR count). The van der Waals surface area contributed by atoms with Gasteiger partial charge in [-0.05, 0) is 30.7 Å². The van der Waals surface area contributed by atoms with E-state index < -0.39 is 50.4 Å². The number of alkyl halides is 3. The van der Waals surface area contributed by atoms with Crippen LogP contribution in [-0.2, 0) is 32.3 Å². The number of hydrogen-bond acceptors (Lipinski definition) is 5. The number of carbonyl (C=O) groups is 3. The van der Waals surface area contributed by atoms with Gasteiger partial charge >= 0.3 is 6.18 Å². The molecule has 2 aliphatic heterocycles. The van der Waals surface area contributed by atoms with E-state index >= 15 is 0 Å². The lowest BCUT2D eigenvalue weighted by Crippen LogP contribution is -2.52. The van der Waals surface area contributed by atoms with Crippen molar-refractivity contribution in [2.45, 2.75) is 36.5 Å². The van der Waals surface area contributed by atoms with Gasteiger partial charge in [-0.25, -0.2) is 8.42 Å². The van der Waals surface area contributed by atoms with Gasteiger partial charge in [-0.3, -0.25) is 24.4 Å². The summed E-state index contributed by atoms with van der Waals surface area (Å²) in [7, 11) is -4.65. The highest BCUT2D eigenvalue weighted by molar-refractivity contribution is 7.92. The number of carbonyl (C=O) groups excluding carboxylic acids is 3. The number of anilines is 1. The molecule has 0 aliphatic carbocycles. The summed E-state index contributed by atoms with van der Waals surface area (Å²) in [5.41, 5.74) is -1.03. The third-order valence-electron chi connectivity index (χ3n) is 5.31. The predicted octanol–water partition coefficient (Wildman–Crippen LogP) is 2.27. The van der Waals surface area contributed by atoms with Crippen molar-refractivity contribution in [1.29, 1.82) is 0 Å². The smallest absolute Gasteiger partial charge is 0.322 e. The Kier molecular flexibility index (Phi) is 5.19. The molecule has 168 valence electrons. The van der Waals surface area contributed by atoms with Gasteiger partial charge in [0.15, 0.2) is 0 Å². The van der Waals surface area contributed by atoms with Crippen molar-refractivity contribution in [3.8, 4) is 0 Å². The number of amides is 3. The summed E-state index contributed by atoms with van der Waals surface area (Å²) in [6.45, 7) is -0.139. The van der Waals surface area contributed by atoms with Crippen molar-refractivity contribution in [1.82, 2.24) is 10.2 Å². The summed E-state index contributed by atoms with van der Waals surface area (Å²) in [5, 5.41) is 2.16. The summed E-state index contributed by atoms with van der Waals surface area (Å²) in [6, 6.07) is 7.00. The maximum atomic E-state index is 13.3. The molecular weight excluding hydrogens is 451 g/mol. The summed E-state index contributed by atoms with van der Waals surface area (Å²) < 4.78 is 67.7. The van der Waals surface area contributed by atoms with E-state index in [1.165, 1.54) is 29.2 Å². The van der Waals surface area contributed by atoms with Gasteiger partial charge in [0.25, 0.3) is 15.9 Å². The molecule has 1 atom stereocenters. The molecule has 0 spiro atoms. The largest absolute Gasteiger partial charge is 0.417 e. The Morgan fingerprint density at radius 2 is 1.75 bits per heavy atom. The molecule has 1 unspecified atom stereocenters. The molecule has 1 saturated heterocycles.